The zero-order chi connectivity index (χ0) is 73.2. The van der Waals surface area contributed by atoms with Crippen molar-refractivity contribution in [3.63, 3.8) is 0 Å². The molecular weight excluding hydrogens is 1310 g/mol. The van der Waals surface area contributed by atoms with E-state index in [9.17, 15) is 43.2 Å². The zero-order valence-corrected chi connectivity index (χ0v) is 63.6. The summed E-state index contributed by atoms with van der Waals surface area (Å²) in [6.45, 7) is 4.37. The second kappa shape index (κ2) is 72.0. The highest BCUT2D eigenvalue weighted by Gasteiger charge is 2.30. The molecule has 0 fully saturated rings. The lowest BCUT2D eigenvalue weighted by molar-refractivity contribution is -0.161. The first-order valence-corrected chi connectivity index (χ1v) is 40.7. The van der Waals surface area contributed by atoms with Gasteiger partial charge in [-0.2, -0.15) is 0 Å². The van der Waals surface area contributed by atoms with Crippen LogP contribution in [0.4, 0.5) is 0 Å². The highest BCUT2D eigenvalue weighted by Crippen LogP contribution is 2.45. The number of hydrogen-bond donors (Lipinski definition) is 3. The summed E-state index contributed by atoms with van der Waals surface area (Å²) in [5.74, 6) is -2.40. The third kappa shape index (κ3) is 71.1. The minimum absolute atomic E-state index is 0.0594. The van der Waals surface area contributed by atoms with Crippen LogP contribution in [0.3, 0.4) is 0 Å². The summed E-state index contributed by atoms with van der Waals surface area (Å²) in [4.78, 5) is 72.7. The van der Waals surface area contributed by atoms with Gasteiger partial charge in [0.05, 0.1) is 32.8 Å². The fourth-order valence-electron chi connectivity index (χ4n) is 9.27. The first kappa shape index (κ1) is 94.7. The van der Waals surface area contributed by atoms with E-state index in [1.165, 1.54) is 25.7 Å². The molecule has 100 heavy (non-hydrogen) atoms. The molecule has 0 bridgehead atoms. The summed E-state index contributed by atoms with van der Waals surface area (Å²) in [5, 5.41) is 10.6. The molecule has 0 amide bonds. The number of phosphoric ester groups is 2. The summed E-state index contributed by atoms with van der Waals surface area (Å²) in [6, 6.07) is 0. The molecule has 19 heteroatoms. The lowest BCUT2D eigenvalue weighted by atomic mass is 10.1. The lowest BCUT2D eigenvalue weighted by Gasteiger charge is -2.21. The van der Waals surface area contributed by atoms with Gasteiger partial charge in [0, 0.05) is 19.3 Å². The normalized spacial score (nSPS) is 14.8. The molecule has 0 saturated carbocycles. The van der Waals surface area contributed by atoms with Gasteiger partial charge in [-0.15, -0.1) is 0 Å². The summed E-state index contributed by atoms with van der Waals surface area (Å²) in [7, 11) is -10.00. The Hall–Kier alpha value is -5.32. The highest BCUT2D eigenvalue weighted by atomic mass is 31.2. The van der Waals surface area contributed by atoms with E-state index < -0.39 is 97.5 Å². The number of esters is 4. The predicted octanol–water partition coefficient (Wildman–Crippen LogP) is 21.7. The van der Waals surface area contributed by atoms with Gasteiger partial charge in [0.1, 0.15) is 19.3 Å². The van der Waals surface area contributed by atoms with Crippen LogP contribution < -0.4 is 0 Å². The van der Waals surface area contributed by atoms with Gasteiger partial charge in [-0.25, -0.2) is 9.13 Å². The molecule has 17 nitrogen and oxygen atoms in total. The van der Waals surface area contributed by atoms with Crippen molar-refractivity contribution in [2.24, 2.45) is 0 Å². The van der Waals surface area contributed by atoms with Crippen molar-refractivity contribution >= 4 is 39.5 Å². The molecule has 5 atom stereocenters. The van der Waals surface area contributed by atoms with Gasteiger partial charge >= 0.3 is 39.5 Å². The van der Waals surface area contributed by atoms with Crippen LogP contribution in [-0.4, -0.2) is 96.7 Å². The van der Waals surface area contributed by atoms with Crippen LogP contribution in [0.5, 0.6) is 0 Å². The average molecular weight is 1440 g/mol. The molecule has 0 rings (SSSR count). The van der Waals surface area contributed by atoms with Gasteiger partial charge in [-0.3, -0.25) is 37.3 Å². The van der Waals surface area contributed by atoms with E-state index in [1.54, 1.807) is 6.08 Å². The number of aliphatic hydroxyl groups is 1. The Morgan fingerprint density at radius 1 is 0.300 bits per heavy atom. The molecule has 0 aliphatic rings. The average Bonchev–Trinajstić information content (AvgIpc) is 0.985. The first-order chi connectivity index (χ1) is 48.7. The van der Waals surface area contributed by atoms with Crippen molar-refractivity contribution in [3.8, 4) is 0 Å². The molecule has 568 valence electrons. The monoisotopic (exact) mass is 1440 g/mol. The van der Waals surface area contributed by atoms with Gasteiger partial charge in [0.2, 0.25) is 0 Å². The van der Waals surface area contributed by atoms with Crippen molar-refractivity contribution in [2.75, 3.05) is 39.6 Å². The Balaban J connectivity index is 5.45. The summed E-state index contributed by atoms with van der Waals surface area (Å²) in [5.41, 5.74) is 0. The number of rotatable bonds is 69. The van der Waals surface area contributed by atoms with Gasteiger partial charge < -0.3 is 33.8 Å². The smallest absolute Gasteiger partial charge is 0.462 e. The Kier molecular flexibility index (Phi) is 68.2. The zero-order valence-electron chi connectivity index (χ0n) is 61.8. The molecule has 0 aliphatic heterocycles. The number of ether oxygens (including phenoxy) is 4. The Morgan fingerprint density at radius 2 is 0.570 bits per heavy atom. The van der Waals surface area contributed by atoms with E-state index in [4.69, 9.17) is 37.0 Å². The third-order valence-electron chi connectivity index (χ3n) is 15.0. The van der Waals surface area contributed by atoms with Crippen molar-refractivity contribution in [1.82, 2.24) is 0 Å². The van der Waals surface area contributed by atoms with E-state index in [0.717, 1.165) is 167 Å². The summed E-state index contributed by atoms with van der Waals surface area (Å²) < 4.78 is 68.2. The molecule has 0 spiro atoms. The van der Waals surface area contributed by atoms with E-state index in [-0.39, 0.29) is 25.7 Å². The van der Waals surface area contributed by atoms with Crippen LogP contribution in [0.2, 0.25) is 0 Å². The fourth-order valence-corrected chi connectivity index (χ4v) is 10.8. The molecule has 0 aromatic rings. The van der Waals surface area contributed by atoms with Crippen LogP contribution in [0.25, 0.3) is 0 Å². The molecule has 0 radical (unpaired) electrons. The first-order valence-electron chi connectivity index (χ1n) is 37.7. The Bertz CT molecular complexity index is 2520. The molecule has 5 unspecified atom stereocenters. The minimum atomic E-state index is -5.00. The van der Waals surface area contributed by atoms with E-state index in [2.05, 4.69) is 161 Å². The Labute approximate surface area is 604 Å². The largest absolute Gasteiger partial charge is 0.472 e. The second-order valence-corrected chi connectivity index (χ2v) is 27.4. The molecule has 0 aromatic carbocycles. The number of unbranched alkanes of at least 4 members (excludes halogenated alkanes) is 18. The fraction of sp³-hybridized carbons (Fsp3) is 0.630. The maximum Gasteiger partial charge on any atom is 0.472 e. The number of allylic oxidation sites excluding steroid dienone is 25. The minimum Gasteiger partial charge on any atom is -0.462 e. The van der Waals surface area contributed by atoms with Crippen molar-refractivity contribution in [3.05, 3.63) is 158 Å². The maximum atomic E-state index is 13.1. The molecule has 0 aromatic heterocycles. The number of phosphoric acid groups is 2. The quantitative estimate of drug-likeness (QED) is 0.0169. The lowest BCUT2D eigenvalue weighted by Crippen LogP contribution is -2.30. The van der Waals surface area contributed by atoms with E-state index in [0.29, 0.717) is 25.7 Å². The van der Waals surface area contributed by atoms with Gasteiger partial charge in [0.15, 0.2) is 12.2 Å². The molecule has 0 aliphatic carbocycles. The maximum absolute atomic E-state index is 13.1. The third-order valence-corrected chi connectivity index (χ3v) is 16.9. The standard InChI is InChI=1S/C81H132O17P2/c1-5-9-13-17-21-25-29-32-35-36-37-38-41-43-47-50-54-58-62-66-79(84)92-72-77(98-81(86)68-64-60-56-52-48-44-40-34-31-27-23-19-15-11-7-3)74-96-100(89,90)94-70-75(82)69-93-99(87,88)95-73-76(97-80(85)67-63-59-55-51-45-28-24-20-16-12-8-4)71-91-78(83)65-61-57-53-49-46-42-39-33-30-26-22-18-14-10-6-2/h9-10,13-14,20-27,32-35,37-40,43,46-47,49,57,61,75-77,82H,5-8,11-12,15-19,28-31,36,41-42,44-45,48,50-56,58-60,62-74H2,1-4H3,(H,87,88)(H,89,90)/b13-9-,14-10-,24-20-,25-21-,26-22-,27-23-,35-32-,38-37-,39-33-,40-34-,47-43-,49-46-,61-57-. The number of carbonyl (C=O) groups excluding carboxylic acids is 4. The Morgan fingerprint density at radius 3 is 0.940 bits per heavy atom. The van der Waals surface area contributed by atoms with Crippen LogP contribution in [-0.2, 0) is 65.4 Å². The SMILES string of the molecule is CC/C=C\C/C=C\C/C=C\C/C=C\C/C=C\CCCCCC(=O)OCC(COP(=O)(O)OCC(O)COP(=O)(O)OCC(COC(=O)C/C=C\C/C=C\C/C=C\C/C=C\C/C=C\CC)OC(=O)CCCCCCC/C=C\CCCC)OC(=O)CCCCCCC/C=C\C/C=C\CCCCC. The molecule has 0 saturated heterocycles. The number of hydrogen-bond acceptors (Lipinski definition) is 15. The summed E-state index contributed by atoms with van der Waals surface area (Å²) in [6.07, 6.45) is 82.7. The van der Waals surface area contributed by atoms with Crippen molar-refractivity contribution < 1.29 is 80.2 Å². The summed E-state index contributed by atoms with van der Waals surface area (Å²) >= 11 is 0. The van der Waals surface area contributed by atoms with E-state index >= 15 is 0 Å². The van der Waals surface area contributed by atoms with Crippen LogP contribution in [0.1, 0.15) is 272 Å². The highest BCUT2D eigenvalue weighted by molar-refractivity contribution is 7.47. The van der Waals surface area contributed by atoms with Crippen molar-refractivity contribution in [1.29, 1.82) is 0 Å². The van der Waals surface area contributed by atoms with Gasteiger partial charge in [-0.05, 0) is 148 Å². The van der Waals surface area contributed by atoms with Crippen molar-refractivity contribution in [2.45, 2.75) is 290 Å². The van der Waals surface area contributed by atoms with E-state index in [1.807, 2.05) is 18.2 Å². The molecular formula is C81H132O17P2. The van der Waals surface area contributed by atoms with Gasteiger partial charge in [-0.1, -0.05) is 256 Å². The predicted molar refractivity (Wildman–Crippen MR) is 408 cm³/mol. The van der Waals surface area contributed by atoms with Crippen LogP contribution >= 0.6 is 15.6 Å². The van der Waals surface area contributed by atoms with Crippen LogP contribution in [0.15, 0.2) is 158 Å². The second-order valence-electron chi connectivity index (χ2n) is 24.5. The molecule has 3 N–H and O–H groups in total. The molecule has 0 heterocycles. The number of aliphatic hydroxyl groups excluding tert-OH is 1. The number of carbonyl (C=O) groups is 4. The van der Waals surface area contributed by atoms with Crippen LogP contribution in [0, 0.1) is 0 Å². The topological polar surface area (TPSA) is 237 Å². The van der Waals surface area contributed by atoms with Gasteiger partial charge in [0.25, 0.3) is 0 Å².